The van der Waals surface area contributed by atoms with Gasteiger partial charge in [-0.25, -0.2) is 0 Å². The van der Waals surface area contributed by atoms with Gasteiger partial charge in [0.25, 0.3) is 5.69 Å². The first-order valence-corrected chi connectivity index (χ1v) is 9.11. The maximum absolute atomic E-state index is 12.2. The lowest BCUT2D eigenvalue weighted by Crippen LogP contribution is -2.31. The molecule has 0 saturated carbocycles. The van der Waals surface area contributed by atoms with E-state index < -0.39 is 10.8 Å². The van der Waals surface area contributed by atoms with Gasteiger partial charge in [0.15, 0.2) is 0 Å². The molecule has 0 aliphatic carbocycles. The molecule has 2 aromatic rings. The van der Waals surface area contributed by atoms with Crippen molar-refractivity contribution >= 4 is 35.0 Å². The number of nitriles is 1. The van der Waals surface area contributed by atoms with E-state index >= 15 is 0 Å². The van der Waals surface area contributed by atoms with Gasteiger partial charge < -0.3 is 15.1 Å². The molecule has 3 rings (SSSR count). The largest absolute Gasteiger partial charge is 0.469 e. The molecule has 2 heterocycles. The van der Waals surface area contributed by atoms with Crippen LogP contribution < -0.4 is 10.6 Å². The zero-order valence-corrected chi connectivity index (χ0v) is 15.2. The standard InChI is InChI=1S/C18H14N4O5S/c19-9-14-13(15-2-1-7-27-15)8-16(23)21-18(14)28-10-17(24)20-11-3-5-12(6-4-11)22(25)26/h1-7,13H,8,10H2,(H,20,24)(H,21,23)/t13-/m1/s1. The van der Waals surface area contributed by atoms with Crippen molar-refractivity contribution in [2.45, 2.75) is 12.3 Å². The second-order valence-corrected chi connectivity index (χ2v) is 6.80. The number of nitrogens with one attached hydrogen (secondary N) is 2. The number of carbonyl (C=O) groups excluding carboxylic acids is 2. The maximum Gasteiger partial charge on any atom is 0.269 e. The number of rotatable bonds is 6. The lowest BCUT2D eigenvalue weighted by atomic mass is 9.92. The van der Waals surface area contributed by atoms with Crippen LogP contribution in [0.5, 0.6) is 0 Å². The van der Waals surface area contributed by atoms with Gasteiger partial charge in [0, 0.05) is 24.2 Å². The topological polar surface area (TPSA) is 138 Å². The van der Waals surface area contributed by atoms with Gasteiger partial charge in [0.2, 0.25) is 11.8 Å². The average Bonchev–Trinajstić information content (AvgIpc) is 3.21. The summed E-state index contributed by atoms with van der Waals surface area (Å²) in [4.78, 5) is 34.3. The molecule has 0 saturated heterocycles. The fourth-order valence-corrected chi connectivity index (χ4v) is 3.54. The van der Waals surface area contributed by atoms with E-state index in [9.17, 15) is 25.0 Å². The summed E-state index contributed by atoms with van der Waals surface area (Å²) < 4.78 is 5.33. The first-order chi connectivity index (χ1) is 13.5. The van der Waals surface area contributed by atoms with E-state index in [1.165, 1.54) is 30.5 Å². The zero-order chi connectivity index (χ0) is 20.1. The van der Waals surface area contributed by atoms with E-state index in [1.54, 1.807) is 12.1 Å². The normalized spacial score (nSPS) is 16.2. The number of hydrogen-bond donors (Lipinski definition) is 2. The van der Waals surface area contributed by atoms with Crippen molar-refractivity contribution in [1.29, 1.82) is 5.26 Å². The Bertz CT molecular complexity index is 976. The third kappa shape index (κ3) is 4.39. The fraction of sp³-hybridized carbons (Fsp3) is 0.167. The third-order valence-corrected chi connectivity index (χ3v) is 4.97. The van der Waals surface area contributed by atoms with Gasteiger partial charge in [-0.15, -0.1) is 0 Å². The quantitative estimate of drug-likeness (QED) is 0.563. The highest BCUT2D eigenvalue weighted by atomic mass is 32.2. The smallest absolute Gasteiger partial charge is 0.269 e. The average molecular weight is 398 g/mol. The molecule has 1 atom stereocenters. The van der Waals surface area contributed by atoms with Crippen LogP contribution in [0.15, 0.2) is 57.7 Å². The van der Waals surface area contributed by atoms with Crippen LogP contribution in [0.3, 0.4) is 0 Å². The van der Waals surface area contributed by atoms with E-state index in [4.69, 9.17) is 4.42 Å². The van der Waals surface area contributed by atoms with Crippen LogP contribution in [-0.2, 0) is 9.59 Å². The lowest BCUT2D eigenvalue weighted by Gasteiger charge is -2.23. The van der Waals surface area contributed by atoms with Gasteiger partial charge in [-0.05, 0) is 24.3 Å². The molecular weight excluding hydrogens is 384 g/mol. The van der Waals surface area contributed by atoms with Crippen molar-refractivity contribution in [3.8, 4) is 6.07 Å². The van der Waals surface area contributed by atoms with Gasteiger partial charge in [0.05, 0.1) is 39.5 Å². The van der Waals surface area contributed by atoms with Crippen LogP contribution in [0.1, 0.15) is 18.1 Å². The SMILES string of the molecule is N#CC1=C(SCC(=O)Nc2ccc([N+](=O)[O-])cc2)NC(=O)C[C@H]1c1ccco1. The van der Waals surface area contributed by atoms with Crippen LogP contribution in [0, 0.1) is 21.4 Å². The van der Waals surface area contributed by atoms with Crippen molar-refractivity contribution in [2.24, 2.45) is 0 Å². The minimum absolute atomic E-state index is 0.0529. The van der Waals surface area contributed by atoms with Crippen molar-refractivity contribution in [1.82, 2.24) is 5.32 Å². The Hall–Kier alpha value is -3.58. The number of carbonyl (C=O) groups is 2. The zero-order valence-electron chi connectivity index (χ0n) is 14.4. The Morgan fingerprint density at radius 2 is 2.14 bits per heavy atom. The molecule has 1 aliphatic rings. The summed E-state index contributed by atoms with van der Waals surface area (Å²) >= 11 is 1.03. The monoisotopic (exact) mass is 398 g/mol. The number of nitrogens with zero attached hydrogens (tertiary/aromatic N) is 2. The van der Waals surface area contributed by atoms with Crippen LogP contribution in [-0.4, -0.2) is 22.5 Å². The number of allylic oxidation sites excluding steroid dienone is 1. The number of anilines is 1. The highest BCUT2D eigenvalue weighted by molar-refractivity contribution is 8.03. The summed E-state index contributed by atoms with van der Waals surface area (Å²) in [5.74, 6) is -0.673. The minimum atomic E-state index is -0.529. The molecule has 0 fully saturated rings. The first-order valence-electron chi connectivity index (χ1n) is 8.12. The van der Waals surface area contributed by atoms with E-state index in [0.717, 1.165) is 11.8 Å². The molecule has 1 aromatic heterocycles. The number of benzene rings is 1. The third-order valence-electron chi connectivity index (χ3n) is 3.95. The van der Waals surface area contributed by atoms with E-state index in [-0.39, 0.29) is 29.7 Å². The number of nitro benzene ring substituents is 1. The fourth-order valence-electron chi connectivity index (χ4n) is 2.67. The summed E-state index contributed by atoms with van der Waals surface area (Å²) in [6.07, 6.45) is 1.57. The molecule has 2 N–H and O–H groups in total. The molecule has 0 bridgehead atoms. The highest BCUT2D eigenvalue weighted by Gasteiger charge is 2.31. The summed E-state index contributed by atoms with van der Waals surface area (Å²) in [5.41, 5.74) is 0.666. The molecule has 2 amide bonds. The maximum atomic E-state index is 12.2. The van der Waals surface area contributed by atoms with Gasteiger partial charge in [-0.3, -0.25) is 19.7 Å². The number of hydrogen-bond acceptors (Lipinski definition) is 7. The summed E-state index contributed by atoms with van der Waals surface area (Å²) in [5, 5.41) is 25.7. The van der Waals surface area contributed by atoms with Crippen molar-refractivity contribution in [3.05, 3.63) is 69.1 Å². The van der Waals surface area contributed by atoms with E-state index in [2.05, 4.69) is 16.7 Å². The second kappa shape index (κ2) is 8.41. The Kier molecular flexibility index (Phi) is 5.76. The Morgan fingerprint density at radius 1 is 1.39 bits per heavy atom. The van der Waals surface area contributed by atoms with Crippen LogP contribution in [0.25, 0.3) is 0 Å². The van der Waals surface area contributed by atoms with Gasteiger partial charge in [0.1, 0.15) is 5.76 Å². The predicted molar refractivity (Wildman–Crippen MR) is 101 cm³/mol. The van der Waals surface area contributed by atoms with E-state index in [0.29, 0.717) is 22.0 Å². The lowest BCUT2D eigenvalue weighted by molar-refractivity contribution is -0.384. The predicted octanol–water partition coefficient (Wildman–Crippen LogP) is 2.90. The van der Waals surface area contributed by atoms with Crippen molar-refractivity contribution < 1.29 is 18.9 Å². The van der Waals surface area contributed by atoms with Gasteiger partial charge in [-0.2, -0.15) is 5.26 Å². The Morgan fingerprint density at radius 3 is 2.75 bits per heavy atom. The molecule has 9 nitrogen and oxygen atoms in total. The number of nitro groups is 1. The Balaban J connectivity index is 1.67. The molecule has 142 valence electrons. The second-order valence-electron chi connectivity index (χ2n) is 5.82. The summed E-state index contributed by atoms with van der Waals surface area (Å²) in [6, 6.07) is 10.9. The molecule has 0 spiro atoms. The molecular formula is C18H14N4O5S. The molecule has 28 heavy (non-hydrogen) atoms. The highest BCUT2D eigenvalue weighted by Crippen LogP contribution is 2.36. The van der Waals surface area contributed by atoms with Crippen molar-refractivity contribution in [3.63, 3.8) is 0 Å². The number of amides is 2. The molecule has 1 aliphatic heterocycles. The Labute approximate surface area is 163 Å². The van der Waals surface area contributed by atoms with Gasteiger partial charge >= 0.3 is 0 Å². The molecule has 1 aromatic carbocycles. The number of thioether (sulfide) groups is 1. The number of furan rings is 1. The van der Waals surface area contributed by atoms with E-state index in [1.807, 2.05) is 0 Å². The van der Waals surface area contributed by atoms with Crippen molar-refractivity contribution in [2.75, 3.05) is 11.1 Å². The van der Waals surface area contributed by atoms with Crippen LogP contribution >= 0.6 is 11.8 Å². The molecule has 0 radical (unpaired) electrons. The molecule has 10 heteroatoms. The summed E-state index contributed by atoms with van der Waals surface area (Å²) in [7, 11) is 0. The van der Waals surface area contributed by atoms with Gasteiger partial charge in [-0.1, -0.05) is 11.8 Å². The molecule has 0 unspecified atom stereocenters. The van der Waals surface area contributed by atoms with Crippen LogP contribution in [0.2, 0.25) is 0 Å². The van der Waals surface area contributed by atoms with Crippen LogP contribution in [0.4, 0.5) is 11.4 Å². The summed E-state index contributed by atoms with van der Waals surface area (Å²) in [6.45, 7) is 0. The minimum Gasteiger partial charge on any atom is -0.469 e. The first kappa shape index (κ1) is 19.2. The number of non-ortho nitro benzene ring substituents is 1.